The molecule has 0 saturated heterocycles. The molecule has 0 radical (unpaired) electrons. The van der Waals surface area contributed by atoms with E-state index in [4.69, 9.17) is 5.73 Å². The van der Waals surface area contributed by atoms with Crippen molar-refractivity contribution in [3.05, 3.63) is 30.0 Å². The van der Waals surface area contributed by atoms with Gasteiger partial charge >= 0.3 is 0 Å². The third-order valence-electron chi connectivity index (χ3n) is 2.20. The van der Waals surface area contributed by atoms with Crippen LogP contribution in [0.2, 0.25) is 0 Å². The van der Waals surface area contributed by atoms with Crippen LogP contribution in [0.3, 0.4) is 0 Å². The molecule has 0 saturated carbocycles. The Morgan fingerprint density at radius 3 is 2.75 bits per heavy atom. The van der Waals surface area contributed by atoms with E-state index in [1.54, 1.807) is 25.6 Å². The average Bonchev–Trinajstić information content (AvgIpc) is 2.60. The average molecular weight is 217 g/mol. The van der Waals surface area contributed by atoms with Gasteiger partial charge in [-0.2, -0.15) is 5.10 Å². The molecule has 2 aromatic rings. The number of nitrogens with two attached hydrogens (primary N) is 1. The summed E-state index contributed by atoms with van der Waals surface area (Å²) in [5.41, 5.74) is 7.60. The van der Waals surface area contributed by atoms with Crippen molar-refractivity contribution in [2.24, 2.45) is 12.8 Å². The van der Waals surface area contributed by atoms with Crippen molar-refractivity contribution in [1.29, 1.82) is 0 Å². The van der Waals surface area contributed by atoms with E-state index in [0.29, 0.717) is 17.0 Å². The fourth-order valence-electron chi connectivity index (χ4n) is 1.51. The zero-order chi connectivity index (χ0) is 11.7. The second kappa shape index (κ2) is 3.73. The summed E-state index contributed by atoms with van der Waals surface area (Å²) in [6.07, 6.45) is 4.78. The van der Waals surface area contributed by atoms with E-state index in [2.05, 4.69) is 15.1 Å². The first-order valence-electron chi connectivity index (χ1n) is 4.70. The lowest BCUT2D eigenvalue weighted by Gasteiger charge is -2.01. The molecule has 6 nitrogen and oxygen atoms in total. The molecule has 0 fully saturated rings. The highest BCUT2D eigenvalue weighted by atomic mass is 16.1. The number of hydrogen-bond acceptors (Lipinski definition) is 4. The van der Waals surface area contributed by atoms with Crippen molar-refractivity contribution in [3.63, 3.8) is 0 Å². The lowest BCUT2D eigenvalue weighted by atomic mass is 10.2. The Bertz CT molecular complexity index is 546. The topological polar surface area (TPSA) is 86.7 Å². The fraction of sp³-hybridized carbons (Fsp3) is 0.200. The van der Waals surface area contributed by atoms with Gasteiger partial charge in [-0.15, -0.1) is 0 Å². The molecule has 16 heavy (non-hydrogen) atoms. The normalized spacial score (nSPS) is 10.4. The standard InChI is InChI=1S/C10H11N5O/c1-6-3-12-5-8(14-6)7-4-13-15(2)9(7)10(11)16/h3-5H,1-2H3,(H2,11,16). The van der Waals surface area contributed by atoms with E-state index in [1.165, 1.54) is 4.68 Å². The maximum atomic E-state index is 11.3. The van der Waals surface area contributed by atoms with Crippen LogP contribution in [0.5, 0.6) is 0 Å². The van der Waals surface area contributed by atoms with Gasteiger partial charge < -0.3 is 5.73 Å². The van der Waals surface area contributed by atoms with Gasteiger partial charge in [0.1, 0.15) is 5.69 Å². The molecule has 2 heterocycles. The number of nitrogens with zero attached hydrogens (tertiary/aromatic N) is 4. The van der Waals surface area contributed by atoms with Crippen molar-refractivity contribution in [2.45, 2.75) is 6.92 Å². The quantitative estimate of drug-likeness (QED) is 0.782. The molecule has 0 atom stereocenters. The highest BCUT2D eigenvalue weighted by molar-refractivity contribution is 5.97. The van der Waals surface area contributed by atoms with Gasteiger partial charge in [-0.05, 0) is 6.92 Å². The number of rotatable bonds is 2. The van der Waals surface area contributed by atoms with Gasteiger partial charge in [-0.3, -0.25) is 14.5 Å². The lowest BCUT2D eigenvalue weighted by Crippen LogP contribution is -2.17. The molecule has 0 bridgehead atoms. The van der Waals surface area contributed by atoms with Crippen LogP contribution in [-0.4, -0.2) is 25.7 Å². The molecule has 82 valence electrons. The van der Waals surface area contributed by atoms with Crippen LogP contribution in [0, 0.1) is 6.92 Å². The molecule has 2 aromatic heterocycles. The minimum Gasteiger partial charge on any atom is -0.364 e. The summed E-state index contributed by atoms with van der Waals surface area (Å²) in [6, 6.07) is 0. The van der Waals surface area contributed by atoms with Gasteiger partial charge in [-0.1, -0.05) is 0 Å². The van der Waals surface area contributed by atoms with Crippen molar-refractivity contribution < 1.29 is 4.79 Å². The summed E-state index contributed by atoms with van der Waals surface area (Å²) < 4.78 is 1.43. The molecule has 2 rings (SSSR count). The van der Waals surface area contributed by atoms with Crippen LogP contribution >= 0.6 is 0 Å². The molecular formula is C10H11N5O. The van der Waals surface area contributed by atoms with E-state index in [-0.39, 0.29) is 0 Å². The molecule has 0 aliphatic heterocycles. The second-order valence-corrected chi connectivity index (χ2v) is 3.44. The number of carbonyl (C=O) groups is 1. The first-order chi connectivity index (χ1) is 7.59. The predicted molar refractivity (Wildman–Crippen MR) is 57.5 cm³/mol. The van der Waals surface area contributed by atoms with E-state index < -0.39 is 5.91 Å². The monoisotopic (exact) mass is 217 g/mol. The number of aromatic nitrogens is 4. The van der Waals surface area contributed by atoms with Crippen molar-refractivity contribution in [2.75, 3.05) is 0 Å². The van der Waals surface area contributed by atoms with Crippen LogP contribution in [0.4, 0.5) is 0 Å². The molecule has 0 aliphatic rings. The maximum absolute atomic E-state index is 11.3. The zero-order valence-electron chi connectivity index (χ0n) is 9.01. The van der Waals surface area contributed by atoms with Gasteiger partial charge in [0.05, 0.1) is 29.3 Å². The molecule has 0 unspecified atom stereocenters. The number of aryl methyl sites for hydroxylation is 2. The van der Waals surface area contributed by atoms with Crippen molar-refractivity contribution >= 4 is 5.91 Å². The first-order valence-corrected chi connectivity index (χ1v) is 4.70. The Morgan fingerprint density at radius 1 is 1.38 bits per heavy atom. The number of primary amides is 1. The van der Waals surface area contributed by atoms with Gasteiger partial charge in [0.15, 0.2) is 0 Å². The van der Waals surface area contributed by atoms with E-state index in [1.807, 2.05) is 6.92 Å². The molecule has 1 amide bonds. The van der Waals surface area contributed by atoms with Crippen LogP contribution < -0.4 is 5.73 Å². The summed E-state index contributed by atoms with van der Waals surface area (Å²) in [7, 11) is 1.66. The molecule has 0 aliphatic carbocycles. The maximum Gasteiger partial charge on any atom is 0.267 e. The number of amides is 1. The Kier molecular flexibility index (Phi) is 2.40. The van der Waals surface area contributed by atoms with Crippen LogP contribution in [0.25, 0.3) is 11.3 Å². The smallest absolute Gasteiger partial charge is 0.267 e. The van der Waals surface area contributed by atoms with Crippen molar-refractivity contribution in [1.82, 2.24) is 19.7 Å². The SMILES string of the molecule is Cc1cncc(-c2cnn(C)c2C(N)=O)n1. The first kappa shape index (κ1) is 10.3. The molecule has 6 heteroatoms. The van der Waals surface area contributed by atoms with E-state index in [9.17, 15) is 4.79 Å². The third kappa shape index (κ3) is 1.65. The molecule has 0 spiro atoms. The zero-order valence-corrected chi connectivity index (χ0v) is 9.01. The fourth-order valence-corrected chi connectivity index (χ4v) is 1.51. The summed E-state index contributed by atoms with van der Waals surface area (Å²) in [6.45, 7) is 1.83. The van der Waals surface area contributed by atoms with Crippen LogP contribution in [0.15, 0.2) is 18.6 Å². The van der Waals surface area contributed by atoms with Gasteiger partial charge in [-0.25, -0.2) is 4.98 Å². The predicted octanol–water partition coefficient (Wildman–Crippen LogP) is 0.284. The Morgan fingerprint density at radius 2 is 2.12 bits per heavy atom. The van der Waals surface area contributed by atoms with Crippen molar-refractivity contribution in [3.8, 4) is 11.3 Å². The highest BCUT2D eigenvalue weighted by Crippen LogP contribution is 2.20. The van der Waals surface area contributed by atoms with Crippen LogP contribution in [-0.2, 0) is 7.05 Å². The van der Waals surface area contributed by atoms with E-state index >= 15 is 0 Å². The minimum absolute atomic E-state index is 0.333. The summed E-state index contributed by atoms with van der Waals surface area (Å²) in [4.78, 5) is 19.6. The Hall–Kier alpha value is -2.24. The number of hydrogen-bond donors (Lipinski definition) is 1. The number of carbonyl (C=O) groups excluding carboxylic acids is 1. The largest absolute Gasteiger partial charge is 0.364 e. The molecular weight excluding hydrogens is 206 g/mol. The van der Waals surface area contributed by atoms with Gasteiger partial charge in [0, 0.05) is 13.2 Å². The second-order valence-electron chi connectivity index (χ2n) is 3.44. The molecule has 0 aromatic carbocycles. The highest BCUT2D eigenvalue weighted by Gasteiger charge is 2.16. The minimum atomic E-state index is -0.529. The summed E-state index contributed by atoms with van der Waals surface area (Å²) in [5.74, 6) is -0.529. The summed E-state index contributed by atoms with van der Waals surface area (Å²) in [5, 5.41) is 3.99. The Balaban J connectivity index is 2.60. The molecule has 2 N–H and O–H groups in total. The van der Waals surface area contributed by atoms with Gasteiger partial charge in [0.2, 0.25) is 0 Å². The Labute approximate surface area is 92.1 Å². The van der Waals surface area contributed by atoms with Gasteiger partial charge in [0.25, 0.3) is 5.91 Å². The van der Waals surface area contributed by atoms with Crippen LogP contribution in [0.1, 0.15) is 16.2 Å². The summed E-state index contributed by atoms with van der Waals surface area (Å²) >= 11 is 0. The van der Waals surface area contributed by atoms with E-state index in [0.717, 1.165) is 5.69 Å². The third-order valence-corrected chi connectivity index (χ3v) is 2.20. The lowest BCUT2D eigenvalue weighted by molar-refractivity contribution is 0.0992.